The van der Waals surface area contributed by atoms with Crippen LogP contribution < -0.4 is 5.32 Å². The van der Waals surface area contributed by atoms with Crippen LogP contribution in [0.25, 0.3) is 0 Å². The van der Waals surface area contributed by atoms with Crippen LogP contribution in [0, 0.1) is 0 Å². The molecule has 2 N–H and O–H groups in total. The van der Waals surface area contributed by atoms with Gasteiger partial charge in [-0.25, -0.2) is 0 Å². The Morgan fingerprint density at radius 1 is 1.16 bits per heavy atom. The predicted octanol–water partition coefficient (Wildman–Crippen LogP) is 1.85. The molecule has 0 aliphatic heterocycles. The fourth-order valence-electron chi connectivity index (χ4n) is 2.35. The molecule has 0 saturated carbocycles. The minimum absolute atomic E-state index is 0.0434. The zero-order valence-corrected chi connectivity index (χ0v) is 13.4. The zero-order chi connectivity index (χ0) is 17.6. The van der Waals surface area contributed by atoms with Gasteiger partial charge in [-0.15, -0.1) is 0 Å². The van der Waals surface area contributed by atoms with Gasteiger partial charge in [-0.1, -0.05) is 12.1 Å². The molecular weight excluding hydrogens is 322 g/mol. The van der Waals surface area contributed by atoms with Gasteiger partial charge < -0.3 is 10.4 Å². The van der Waals surface area contributed by atoms with E-state index in [2.05, 4.69) is 15.5 Å². The maximum absolute atomic E-state index is 12.3. The lowest BCUT2D eigenvalue weighted by molar-refractivity contribution is -0.137. The Hall–Kier alpha value is -3.42. The van der Waals surface area contributed by atoms with Gasteiger partial charge in [-0.3, -0.25) is 19.0 Å². The average molecular weight is 339 g/mol. The lowest BCUT2D eigenvalue weighted by Gasteiger charge is -2.07. The number of hydrogen-bond donors (Lipinski definition) is 2. The van der Waals surface area contributed by atoms with Gasteiger partial charge in [0, 0.05) is 24.3 Å². The van der Waals surface area contributed by atoms with E-state index in [9.17, 15) is 9.59 Å². The van der Waals surface area contributed by atoms with E-state index < -0.39 is 5.97 Å². The van der Waals surface area contributed by atoms with Gasteiger partial charge in [0.1, 0.15) is 0 Å². The third-order valence-corrected chi connectivity index (χ3v) is 3.54. The number of carbonyl (C=O) groups excluding carboxylic acids is 1. The van der Waals surface area contributed by atoms with Crippen LogP contribution in [-0.4, -0.2) is 36.5 Å². The van der Waals surface area contributed by atoms with Crippen LogP contribution in [0.5, 0.6) is 0 Å². The van der Waals surface area contributed by atoms with E-state index in [1.165, 1.54) is 17.1 Å². The summed E-state index contributed by atoms with van der Waals surface area (Å²) >= 11 is 0. The minimum atomic E-state index is -0.907. The highest BCUT2D eigenvalue weighted by molar-refractivity contribution is 6.03. The van der Waals surface area contributed by atoms with Crippen LogP contribution in [-0.2, 0) is 17.9 Å². The van der Waals surface area contributed by atoms with Crippen LogP contribution >= 0.6 is 0 Å². The lowest BCUT2D eigenvalue weighted by Crippen LogP contribution is -2.12. The molecule has 8 heteroatoms. The summed E-state index contributed by atoms with van der Waals surface area (Å²) in [4.78, 5) is 22.9. The highest BCUT2D eigenvalue weighted by atomic mass is 16.4. The van der Waals surface area contributed by atoms with Gasteiger partial charge in [0.05, 0.1) is 31.3 Å². The summed E-state index contributed by atoms with van der Waals surface area (Å²) in [6.07, 6.45) is 6.50. The first-order valence-electron chi connectivity index (χ1n) is 7.72. The van der Waals surface area contributed by atoms with Crippen LogP contribution in [0.4, 0.5) is 5.69 Å². The fraction of sp³-hybridized carbons (Fsp3) is 0.176. The summed E-state index contributed by atoms with van der Waals surface area (Å²) in [5.74, 6) is -1.20. The monoisotopic (exact) mass is 339 g/mol. The third kappa shape index (κ3) is 4.54. The van der Waals surface area contributed by atoms with Crippen molar-refractivity contribution in [1.29, 1.82) is 0 Å². The number of anilines is 1. The van der Waals surface area contributed by atoms with Crippen LogP contribution in [0.1, 0.15) is 22.3 Å². The molecule has 1 aromatic carbocycles. The molecule has 8 nitrogen and oxygen atoms in total. The number of amides is 1. The molecule has 0 aliphatic rings. The molecule has 2 heterocycles. The third-order valence-electron chi connectivity index (χ3n) is 3.54. The Kier molecular flexibility index (Phi) is 4.89. The molecule has 0 saturated heterocycles. The SMILES string of the molecule is O=C(O)CCn1cc(C(=O)Nc2cccc(Cn3cccn3)c2)cn1. The Bertz CT molecular complexity index is 870. The van der Waals surface area contributed by atoms with E-state index in [0.717, 1.165) is 5.56 Å². The Morgan fingerprint density at radius 3 is 2.80 bits per heavy atom. The van der Waals surface area contributed by atoms with E-state index in [4.69, 9.17) is 5.11 Å². The largest absolute Gasteiger partial charge is 0.481 e. The number of nitrogens with zero attached hydrogens (tertiary/aromatic N) is 4. The molecule has 2 aromatic heterocycles. The van der Waals surface area contributed by atoms with Crippen LogP contribution in [0.15, 0.2) is 55.1 Å². The van der Waals surface area contributed by atoms with Crippen molar-refractivity contribution in [2.75, 3.05) is 5.32 Å². The van der Waals surface area contributed by atoms with Gasteiger partial charge in [-0.05, 0) is 23.8 Å². The lowest BCUT2D eigenvalue weighted by atomic mass is 10.2. The summed E-state index contributed by atoms with van der Waals surface area (Å²) in [5.41, 5.74) is 2.06. The van der Waals surface area contributed by atoms with Crippen molar-refractivity contribution in [2.45, 2.75) is 19.5 Å². The number of carboxylic acids is 1. The smallest absolute Gasteiger partial charge is 0.305 e. The second-order valence-electron chi connectivity index (χ2n) is 5.49. The maximum atomic E-state index is 12.3. The normalized spacial score (nSPS) is 10.6. The van der Waals surface area contributed by atoms with E-state index in [1.54, 1.807) is 16.9 Å². The number of nitrogens with one attached hydrogen (secondary N) is 1. The first kappa shape index (κ1) is 16.4. The molecule has 0 spiro atoms. The number of aromatic nitrogens is 4. The standard InChI is InChI=1S/C17H17N5O3/c23-16(24)5-8-22-12-14(10-19-22)17(25)20-15-4-1-3-13(9-15)11-21-7-2-6-18-21/h1-4,6-7,9-10,12H,5,8,11H2,(H,20,25)(H,23,24). The molecule has 3 rings (SSSR count). The average Bonchev–Trinajstić information content (AvgIpc) is 3.25. The number of aliphatic carboxylic acids is 1. The van der Waals surface area contributed by atoms with Crippen molar-refractivity contribution in [1.82, 2.24) is 19.6 Å². The van der Waals surface area contributed by atoms with Gasteiger partial charge >= 0.3 is 5.97 Å². The predicted molar refractivity (Wildman–Crippen MR) is 90.2 cm³/mol. The number of rotatable bonds is 7. The molecule has 0 unspecified atom stereocenters. The van der Waals surface area contributed by atoms with Crippen molar-refractivity contribution in [2.24, 2.45) is 0 Å². The summed E-state index contributed by atoms with van der Waals surface area (Å²) in [6, 6.07) is 9.37. The second kappa shape index (κ2) is 7.43. The second-order valence-corrected chi connectivity index (χ2v) is 5.49. The van der Waals surface area contributed by atoms with Crippen molar-refractivity contribution in [3.63, 3.8) is 0 Å². The first-order chi connectivity index (χ1) is 12.1. The molecule has 0 bridgehead atoms. The Morgan fingerprint density at radius 2 is 2.04 bits per heavy atom. The van der Waals surface area contributed by atoms with Crippen LogP contribution in [0.2, 0.25) is 0 Å². The number of aryl methyl sites for hydroxylation is 1. The summed E-state index contributed by atoms with van der Waals surface area (Å²) < 4.78 is 3.24. The molecule has 0 radical (unpaired) electrons. The topological polar surface area (TPSA) is 102 Å². The number of carboxylic acid groups (broad SMARTS) is 1. The summed E-state index contributed by atoms with van der Waals surface area (Å²) in [5, 5.41) is 19.7. The highest BCUT2D eigenvalue weighted by Crippen LogP contribution is 2.13. The summed E-state index contributed by atoms with van der Waals surface area (Å²) in [7, 11) is 0. The van der Waals surface area contributed by atoms with Crippen molar-refractivity contribution >= 4 is 17.6 Å². The van der Waals surface area contributed by atoms with Gasteiger partial charge in [0.15, 0.2) is 0 Å². The molecule has 0 fully saturated rings. The zero-order valence-electron chi connectivity index (χ0n) is 13.4. The minimum Gasteiger partial charge on any atom is -0.481 e. The van der Waals surface area contributed by atoms with Gasteiger partial charge in [0.25, 0.3) is 5.91 Å². The molecule has 3 aromatic rings. The van der Waals surface area contributed by atoms with Crippen molar-refractivity contribution < 1.29 is 14.7 Å². The first-order valence-corrected chi connectivity index (χ1v) is 7.72. The van der Waals surface area contributed by atoms with E-state index in [-0.39, 0.29) is 18.9 Å². The molecular formula is C17H17N5O3. The molecule has 25 heavy (non-hydrogen) atoms. The Balaban J connectivity index is 1.63. The Labute approximate surface area is 143 Å². The van der Waals surface area contributed by atoms with E-state index >= 15 is 0 Å². The fourth-order valence-corrected chi connectivity index (χ4v) is 2.35. The quantitative estimate of drug-likeness (QED) is 0.684. The molecule has 0 atom stereocenters. The molecule has 1 amide bonds. The number of hydrogen-bond acceptors (Lipinski definition) is 4. The van der Waals surface area contributed by atoms with Crippen LogP contribution in [0.3, 0.4) is 0 Å². The van der Waals surface area contributed by atoms with E-state index in [1.807, 2.05) is 30.5 Å². The molecule has 0 aliphatic carbocycles. The van der Waals surface area contributed by atoms with Crippen molar-refractivity contribution in [3.05, 3.63) is 66.2 Å². The number of benzene rings is 1. The van der Waals surface area contributed by atoms with E-state index in [0.29, 0.717) is 17.8 Å². The number of carbonyl (C=O) groups is 2. The summed E-state index contributed by atoms with van der Waals surface area (Å²) in [6.45, 7) is 0.839. The maximum Gasteiger partial charge on any atom is 0.305 e. The van der Waals surface area contributed by atoms with Gasteiger partial charge in [0.2, 0.25) is 0 Å². The van der Waals surface area contributed by atoms with Crippen molar-refractivity contribution in [3.8, 4) is 0 Å². The molecule has 128 valence electrons. The highest BCUT2D eigenvalue weighted by Gasteiger charge is 2.10. The van der Waals surface area contributed by atoms with Gasteiger partial charge in [-0.2, -0.15) is 10.2 Å².